The summed E-state index contributed by atoms with van der Waals surface area (Å²) in [6, 6.07) is 10.5. The van der Waals surface area contributed by atoms with E-state index in [0.717, 1.165) is 5.56 Å². The maximum Gasteiger partial charge on any atom is 0.254 e. The van der Waals surface area contributed by atoms with E-state index < -0.39 is 0 Å². The van der Waals surface area contributed by atoms with E-state index in [-0.39, 0.29) is 24.5 Å². The van der Waals surface area contributed by atoms with E-state index in [2.05, 4.69) is 5.32 Å². The molecule has 134 valence electrons. The fourth-order valence-electron chi connectivity index (χ4n) is 3.00. The Morgan fingerprint density at radius 2 is 1.92 bits per heavy atom. The summed E-state index contributed by atoms with van der Waals surface area (Å²) in [5.74, 6) is 0.754. The Morgan fingerprint density at radius 1 is 1.15 bits per heavy atom. The van der Waals surface area contributed by atoms with Crippen molar-refractivity contribution in [3.05, 3.63) is 52.5 Å². The first kappa shape index (κ1) is 16.7. The van der Waals surface area contributed by atoms with Gasteiger partial charge < -0.3 is 19.7 Å². The van der Waals surface area contributed by atoms with Crippen molar-refractivity contribution < 1.29 is 19.1 Å². The molecule has 1 saturated heterocycles. The first-order chi connectivity index (χ1) is 12.5. The molecule has 0 aromatic heterocycles. The number of nitrogens with zero attached hydrogens (tertiary/aromatic N) is 1. The number of nitrogens with one attached hydrogen (secondary N) is 1. The van der Waals surface area contributed by atoms with Crippen LogP contribution in [0.2, 0.25) is 5.02 Å². The second-order valence-electron chi connectivity index (χ2n) is 6.38. The molecule has 4 rings (SSSR count). The van der Waals surface area contributed by atoms with Crippen LogP contribution in [0, 0.1) is 12.8 Å². The lowest BCUT2D eigenvalue weighted by Crippen LogP contribution is -2.54. The fourth-order valence-corrected chi connectivity index (χ4v) is 3.17. The van der Waals surface area contributed by atoms with Gasteiger partial charge in [-0.05, 0) is 42.8 Å². The van der Waals surface area contributed by atoms with Crippen molar-refractivity contribution in [3.63, 3.8) is 0 Å². The molecule has 2 aromatic carbocycles. The van der Waals surface area contributed by atoms with Crippen molar-refractivity contribution in [1.29, 1.82) is 0 Å². The Bertz CT molecular complexity index is 893. The summed E-state index contributed by atoms with van der Waals surface area (Å²) in [7, 11) is 0. The normalized spacial score (nSPS) is 15.5. The fraction of sp³-hybridized carbons (Fsp3) is 0.263. The zero-order valence-electron chi connectivity index (χ0n) is 14.1. The van der Waals surface area contributed by atoms with Crippen LogP contribution in [0.15, 0.2) is 36.4 Å². The third kappa shape index (κ3) is 2.97. The van der Waals surface area contributed by atoms with Crippen LogP contribution in [-0.2, 0) is 4.79 Å². The van der Waals surface area contributed by atoms with Gasteiger partial charge in [0.25, 0.3) is 5.91 Å². The molecule has 2 aliphatic heterocycles. The maximum absolute atomic E-state index is 12.5. The molecule has 0 radical (unpaired) electrons. The van der Waals surface area contributed by atoms with Crippen LogP contribution in [-0.4, -0.2) is 36.6 Å². The number of rotatable bonds is 3. The van der Waals surface area contributed by atoms with Crippen molar-refractivity contribution in [2.75, 3.05) is 25.2 Å². The van der Waals surface area contributed by atoms with Crippen LogP contribution in [0.5, 0.6) is 11.5 Å². The number of ether oxygens (including phenoxy) is 2. The molecule has 7 heteroatoms. The van der Waals surface area contributed by atoms with Gasteiger partial charge in [0.15, 0.2) is 11.5 Å². The van der Waals surface area contributed by atoms with Crippen LogP contribution in [0.4, 0.5) is 5.69 Å². The molecule has 26 heavy (non-hydrogen) atoms. The van der Waals surface area contributed by atoms with Crippen molar-refractivity contribution in [2.24, 2.45) is 5.92 Å². The lowest BCUT2D eigenvalue weighted by Gasteiger charge is -2.38. The minimum absolute atomic E-state index is 0.106. The van der Waals surface area contributed by atoms with Gasteiger partial charge in [0.05, 0.1) is 5.92 Å². The number of anilines is 1. The summed E-state index contributed by atoms with van der Waals surface area (Å²) in [5.41, 5.74) is 2.05. The number of hydrogen-bond donors (Lipinski definition) is 1. The number of likely N-dealkylation sites (tertiary alicyclic amines) is 1. The minimum atomic E-state index is -0.230. The Hall–Kier alpha value is -2.73. The second kappa shape index (κ2) is 6.53. The standard InChI is InChI=1S/C19H17ClN2O4/c1-11-14(20)3-2-4-15(11)21-18(23)13-8-22(9-13)19(24)12-5-6-16-17(7-12)26-10-25-16/h2-7,13H,8-10H2,1H3,(H,21,23). The highest BCUT2D eigenvalue weighted by Crippen LogP contribution is 2.33. The lowest BCUT2D eigenvalue weighted by molar-refractivity contribution is -0.123. The molecule has 2 aromatic rings. The van der Waals surface area contributed by atoms with Crippen molar-refractivity contribution >= 4 is 29.1 Å². The summed E-state index contributed by atoms with van der Waals surface area (Å²) in [6.07, 6.45) is 0. The third-order valence-electron chi connectivity index (χ3n) is 4.68. The highest BCUT2D eigenvalue weighted by Gasteiger charge is 2.36. The molecule has 0 aliphatic carbocycles. The van der Waals surface area contributed by atoms with Gasteiger partial charge in [0.1, 0.15) is 0 Å². The van der Waals surface area contributed by atoms with Gasteiger partial charge >= 0.3 is 0 Å². The van der Waals surface area contributed by atoms with Gasteiger partial charge in [0, 0.05) is 29.4 Å². The highest BCUT2D eigenvalue weighted by molar-refractivity contribution is 6.31. The lowest BCUT2D eigenvalue weighted by atomic mass is 9.97. The Kier molecular flexibility index (Phi) is 4.20. The van der Waals surface area contributed by atoms with Crippen molar-refractivity contribution in [2.45, 2.75) is 6.92 Å². The zero-order chi connectivity index (χ0) is 18.3. The highest BCUT2D eigenvalue weighted by atomic mass is 35.5. The number of amides is 2. The van der Waals surface area contributed by atoms with Gasteiger partial charge in [-0.3, -0.25) is 9.59 Å². The quantitative estimate of drug-likeness (QED) is 0.899. The summed E-state index contributed by atoms with van der Waals surface area (Å²) in [5, 5.41) is 3.50. The Balaban J connectivity index is 1.36. The number of hydrogen-bond acceptors (Lipinski definition) is 4. The van der Waals surface area contributed by atoms with Crippen LogP contribution in [0.1, 0.15) is 15.9 Å². The monoisotopic (exact) mass is 372 g/mol. The predicted molar refractivity (Wildman–Crippen MR) is 96.8 cm³/mol. The minimum Gasteiger partial charge on any atom is -0.454 e. The molecular formula is C19H17ClN2O4. The molecule has 0 saturated carbocycles. The van der Waals surface area contributed by atoms with E-state index in [9.17, 15) is 9.59 Å². The average Bonchev–Trinajstić information content (AvgIpc) is 3.05. The molecule has 6 nitrogen and oxygen atoms in total. The van der Waals surface area contributed by atoms with Crippen LogP contribution in [0.3, 0.4) is 0 Å². The number of carbonyl (C=O) groups excluding carboxylic acids is 2. The molecule has 0 unspecified atom stereocenters. The molecule has 2 aliphatic rings. The van der Waals surface area contributed by atoms with Crippen molar-refractivity contribution in [3.8, 4) is 11.5 Å². The van der Waals surface area contributed by atoms with E-state index in [1.165, 1.54) is 0 Å². The van der Waals surface area contributed by atoms with Gasteiger partial charge in [-0.1, -0.05) is 17.7 Å². The van der Waals surface area contributed by atoms with Crippen LogP contribution < -0.4 is 14.8 Å². The molecule has 0 spiro atoms. The van der Waals surface area contributed by atoms with Gasteiger partial charge in [0.2, 0.25) is 12.7 Å². The smallest absolute Gasteiger partial charge is 0.254 e. The van der Waals surface area contributed by atoms with Crippen LogP contribution in [0.25, 0.3) is 0 Å². The van der Waals surface area contributed by atoms with Gasteiger partial charge in [-0.15, -0.1) is 0 Å². The second-order valence-corrected chi connectivity index (χ2v) is 6.78. The summed E-state index contributed by atoms with van der Waals surface area (Å²) < 4.78 is 10.5. The first-order valence-corrected chi connectivity index (χ1v) is 8.65. The van der Waals surface area contributed by atoms with E-state index in [1.54, 1.807) is 35.2 Å². The molecule has 1 N–H and O–H groups in total. The van der Waals surface area contributed by atoms with E-state index >= 15 is 0 Å². The topological polar surface area (TPSA) is 67.9 Å². The molecule has 1 fully saturated rings. The molecule has 0 atom stereocenters. The van der Waals surface area contributed by atoms with E-state index in [4.69, 9.17) is 21.1 Å². The molecule has 2 heterocycles. The number of fused-ring (bicyclic) bond motifs is 1. The number of carbonyl (C=O) groups is 2. The molecule has 2 amide bonds. The summed E-state index contributed by atoms with van der Waals surface area (Å²) in [6.45, 7) is 2.80. The summed E-state index contributed by atoms with van der Waals surface area (Å²) in [4.78, 5) is 26.6. The number of halogens is 1. The van der Waals surface area contributed by atoms with Gasteiger partial charge in [-0.25, -0.2) is 0 Å². The van der Waals surface area contributed by atoms with Gasteiger partial charge in [-0.2, -0.15) is 0 Å². The SMILES string of the molecule is Cc1c(Cl)cccc1NC(=O)C1CN(C(=O)c2ccc3c(c2)OCO3)C1. The number of benzene rings is 2. The largest absolute Gasteiger partial charge is 0.454 e. The van der Waals surface area contributed by atoms with Crippen LogP contribution >= 0.6 is 11.6 Å². The van der Waals surface area contributed by atoms with E-state index in [0.29, 0.717) is 40.9 Å². The predicted octanol–water partition coefficient (Wildman–Crippen LogP) is 3.09. The Morgan fingerprint density at radius 3 is 2.73 bits per heavy atom. The van der Waals surface area contributed by atoms with E-state index in [1.807, 2.05) is 13.0 Å². The Labute approximate surface area is 155 Å². The average molecular weight is 373 g/mol. The first-order valence-electron chi connectivity index (χ1n) is 8.28. The third-order valence-corrected chi connectivity index (χ3v) is 5.09. The van der Waals surface area contributed by atoms with Crippen molar-refractivity contribution in [1.82, 2.24) is 4.90 Å². The zero-order valence-corrected chi connectivity index (χ0v) is 14.9. The maximum atomic E-state index is 12.5. The molecule has 0 bridgehead atoms. The summed E-state index contributed by atoms with van der Waals surface area (Å²) >= 11 is 6.07. The molecular weight excluding hydrogens is 356 g/mol.